The van der Waals surface area contributed by atoms with E-state index in [1.54, 1.807) is 21.3 Å². The smallest absolute Gasteiger partial charge is 0.188 e. The SMILES string of the molecule is CN=C(N)NC1CCN(c2cc(OC)cc(OC)c2)CC1. The van der Waals surface area contributed by atoms with Crippen LogP contribution < -0.4 is 25.4 Å². The number of nitrogens with one attached hydrogen (secondary N) is 1. The number of methoxy groups -OCH3 is 2. The summed E-state index contributed by atoms with van der Waals surface area (Å²) in [6.07, 6.45) is 2.05. The quantitative estimate of drug-likeness (QED) is 0.644. The lowest BCUT2D eigenvalue weighted by molar-refractivity contribution is 0.393. The molecule has 6 nitrogen and oxygen atoms in total. The normalized spacial score (nSPS) is 16.7. The summed E-state index contributed by atoms with van der Waals surface area (Å²) in [7, 11) is 5.03. The molecular formula is C15H24N4O2. The highest BCUT2D eigenvalue weighted by atomic mass is 16.5. The molecule has 0 aromatic heterocycles. The van der Waals surface area contributed by atoms with E-state index in [1.807, 2.05) is 18.2 Å². The van der Waals surface area contributed by atoms with Crippen molar-refractivity contribution in [3.05, 3.63) is 18.2 Å². The van der Waals surface area contributed by atoms with Crippen molar-refractivity contribution in [3.8, 4) is 11.5 Å². The van der Waals surface area contributed by atoms with Crippen molar-refractivity contribution >= 4 is 11.6 Å². The second-order valence-electron chi connectivity index (χ2n) is 5.09. The zero-order valence-electron chi connectivity index (χ0n) is 12.9. The minimum Gasteiger partial charge on any atom is -0.497 e. The first-order valence-electron chi connectivity index (χ1n) is 7.13. The van der Waals surface area contributed by atoms with Crippen molar-refractivity contribution in [2.45, 2.75) is 18.9 Å². The van der Waals surface area contributed by atoms with Crippen LogP contribution in [0.5, 0.6) is 11.5 Å². The summed E-state index contributed by atoms with van der Waals surface area (Å²) in [6, 6.07) is 6.35. The summed E-state index contributed by atoms with van der Waals surface area (Å²) >= 11 is 0. The number of rotatable bonds is 4. The molecule has 116 valence electrons. The van der Waals surface area contributed by atoms with Crippen molar-refractivity contribution in [3.63, 3.8) is 0 Å². The number of aliphatic imine (C=N–C) groups is 1. The van der Waals surface area contributed by atoms with E-state index < -0.39 is 0 Å². The second-order valence-corrected chi connectivity index (χ2v) is 5.09. The van der Waals surface area contributed by atoms with Gasteiger partial charge in [0.25, 0.3) is 0 Å². The van der Waals surface area contributed by atoms with Gasteiger partial charge in [0.1, 0.15) is 11.5 Å². The van der Waals surface area contributed by atoms with E-state index in [0.717, 1.165) is 43.1 Å². The molecule has 1 aromatic carbocycles. The lowest BCUT2D eigenvalue weighted by Gasteiger charge is -2.34. The highest BCUT2D eigenvalue weighted by Crippen LogP contribution is 2.30. The van der Waals surface area contributed by atoms with Crippen LogP contribution in [0, 0.1) is 0 Å². The van der Waals surface area contributed by atoms with Crippen LogP contribution in [0.1, 0.15) is 12.8 Å². The molecule has 1 heterocycles. The average Bonchev–Trinajstić information content (AvgIpc) is 2.54. The van der Waals surface area contributed by atoms with Gasteiger partial charge in [0.15, 0.2) is 5.96 Å². The fourth-order valence-corrected chi connectivity index (χ4v) is 2.53. The Morgan fingerprint density at radius 3 is 2.24 bits per heavy atom. The molecule has 0 radical (unpaired) electrons. The second kappa shape index (κ2) is 7.06. The van der Waals surface area contributed by atoms with Crippen molar-refractivity contribution in [1.82, 2.24) is 5.32 Å². The molecule has 3 N–H and O–H groups in total. The summed E-state index contributed by atoms with van der Waals surface area (Å²) in [5, 5.41) is 3.24. The third kappa shape index (κ3) is 3.93. The average molecular weight is 292 g/mol. The molecule has 0 aliphatic carbocycles. The maximum Gasteiger partial charge on any atom is 0.188 e. The van der Waals surface area contributed by atoms with Gasteiger partial charge in [-0.05, 0) is 12.8 Å². The molecule has 0 unspecified atom stereocenters. The number of piperidine rings is 1. The van der Waals surface area contributed by atoms with Crippen molar-refractivity contribution in [1.29, 1.82) is 0 Å². The third-order valence-electron chi connectivity index (χ3n) is 3.79. The molecule has 1 aliphatic heterocycles. The summed E-state index contributed by atoms with van der Waals surface area (Å²) in [5.41, 5.74) is 6.84. The Morgan fingerprint density at radius 2 is 1.76 bits per heavy atom. The predicted molar refractivity (Wildman–Crippen MR) is 85.5 cm³/mol. The van der Waals surface area contributed by atoms with Gasteiger partial charge in [-0.25, -0.2) is 0 Å². The fraction of sp³-hybridized carbons (Fsp3) is 0.533. The Labute approximate surface area is 125 Å². The molecule has 21 heavy (non-hydrogen) atoms. The largest absolute Gasteiger partial charge is 0.497 e. The molecular weight excluding hydrogens is 268 g/mol. The van der Waals surface area contributed by atoms with Gasteiger partial charge >= 0.3 is 0 Å². The number of hydrogen-bond acceptors (Lipinski definition) is 4. The number of benzene rings is 1. The maximum atomic E-state index is 5.72. The number of nitrogens with two attached hydrogens (primary N) is 1. The number of anilines is 1. The van der Waals surface area contributed by atoms with E-state index >= 15 is 0 Å². The van der Waals surface area contributed by atoms with Gasteiger partial charge in [-0.1, -0.05) is 0 Å². The molecule has 0 amide bonds. The van der Waals surface area contributed by atoms with E-state index in [2.05, 4.69) is 15.2 Å². The van der Waals surface area contributed by atoms with Crippen LogP contribution in [0.25, 0.3) is 0 Å². The standard InChI is InChI=1S/C15H24N4O2/c1-17-15(16)18-11-4-6-19(7-5-11)12-8-13(20-2)10-14(9-12)21-3/h8-11H,4-7H2,1-3H3,(H3,16,17,18). The van der Waals surface area contributed by atoms with Crippen LogP contribution in [0.2, 0.25) is 0 Å². The highest BCUT2D eigenvalue weighted by molar-refractivity contribution is 5.78. The lowest BCUT2D eigenvalue weighted by atomic mass is 10.0. The Balaban J connectivity index is 2.01. The lowest BCUT2D eigenvalue weighted by Crippen LogP contribution is -2.47. The van der Waals surface area contributed by atoms with E-state index in [-0.39, 0.29) is 0 Å². The Hall–Kier alpha value is -2.11. The zero-order valence-corrected chi connectivity index (χ0v) is 12.9. The number of ether oxygens (including phenoxy) is 2. The van der Waals surface area contributed by atoms with Gasteiger partial charge in [0.2, 0.25) is 0 Å². The highest BCUT2D eigenvalue weighted by Gasteiger charge is 2.20. The van der Waals surface area contributed by atoms with Gasteiger partial charge in [-0.2, -0.15) is 0 Å². The number of nitrogens with zero attached hydrogens (tertiary/aromatic N) is 2. The Kier molecular flexibility index (Phi) is 5.14. The van der Waals surface area contributed by atoms with Crippen LogP contribution in [-0.2, 0) is 0 Å². The van der Waals surface area contributed by atoms with Crippen LogP contribution >= 0.6 is 0 Å². The number of guanidine groups is 1. The first-order valence-corrected chi connectivity index (χ1v) is 7.13. The summed E-state index contributed by atoms with van der Waals surface area (Å²) in [4.78, 5) is 6.28. The van der Waals surface area contributed by atoms with Crippen LogP contribution in [0.4, 0.5) is 5.69 Å². The van der Waals surface area contributed by atoms with Crippen LogP contribution in [-0.4, -0.2) is 46.4 Å². The van der Waals surface area contributed by atoms with Gasteiger partial charge in [0.05, 0.1) is 14.2 Å². The Morgan fingerprint density at radius 1 is 1.19 bits per heavy atom. The van der Waals surface area contributed by atoms with Crippen molar-refractivity contribution in [2.24, 2.45) is 10.7 Å². The molecule has 2 rings (SSSR count). The van der Waals surface area contributed by atoms with Crippen molar-refractivity contribution < 1.29 is 9.47 Å². The molecule has 0 bridgehead atoms. The molecule has 1 fully saturated rings. The molecule has 6 heteroatoms. The molecule has 0 saturated carbocycles. The van der Waals surface area contributed by atoms with Crippen LogP contribution in [0.15, 0.2) is 23.2 Å². The summed E-state index contributed by atoms with van der Waals surface area (Å²) in [6.45, 7) is 1.93. The molecule has 1 aromatic rings. The predicted octanol–water partition coefficient (Wildman–Crippen LogP) is 1.21. The molecule has 0 atom stereocenters. The maximum absolute atomic E-state index is 5.72. The summed E-state index contributed by atoms with van der Waals surface area (Å²) in [5.74, 6) is 2.13. The topological polar surface area (TPSA) is 72.1 Å². The van der Waals surface area contributed by atoms with Gasteiger partial charge in [0, 0.05) is 50.1 Å². The van der Waals surface area contributed by atoms with E-state index in [1.165, 1.54) is 0 Å². The van der Waals surface area contributed by atoms with Gasteiger partial charge in [-0.3, -0.25) is 4.99 Å². The monoisotopic (exact) mass is 292 g/mol. The van der Waals surface area contributed by atoms with Gasteiger partial charge in [-0.15, -0.1) is 0 Å². The van der Waals surface area contributed by atoms with Crippen molar-refractivity contribution in [2.75, 3.05) is 39.3 Å². The van der Waals surface area contributed by atoms with E-state index in [4.69, 9.17) is 15.2 Å². The molecule has 1 saturated heterocycles. The number of hydrogen-bond donors (Lipinski definition) is 2. The first kappa shape index (κ1) is 15.3. The fourth-order valence-electron chi connectivity index (χ4n) is 2.53. The molecule has 1 aliphatic rings. The van der Waals surface area contributed by atoms with E-state index in [0.29, 0.717) is 12.0 Å². The molecule has 0 spiro atoms. The first-order chi connectivity index (χ1) is 10.2. The van der Waals surface area contributed by atoms with E-state index in [9.17, 15) is 0 Å². The zero-order chi connectivity index (χ0) is 15.2. The van der Waals surface area contributed by atoms with Crippen LogP contribution in [0.3, 0.4) is 0 Å². The minimum atomic E-state index is 0.387. The Bertz CT molecular complexity index is 474. The van der Waals surface area contributed by atoms with Gasteiger partial charge < -0.3 is 25.4 Å². The third-order valence-corrected chi connectivity index (χ3v) is 3.79. The minimum absolute atomic E-state index is 0.387. The summed E-state index contributed by atoms with van der Waals surface area (Å²) < 4.78 is 10.7.